The average Bonchev–Trinajstić information content (AvgIpc) is 3.04. The number of H-pyrrole nitrogens is 1. The smallest absolute Gasteiger partial charge is 0.257 e. The number of rotatable bonds is 5. The van der Waals surface area contributed by atoms with Gasteiger partial charge >= 0.3 is 0 Å². The van der Waals surface area contributed by atoms with Crippen molar-refractivity contribution in [3.63, 3.8) is 0 Å². The van der Waals surface area contributed by atoms with Gasteiger partial charge in [0.05, 0.1) is 23.8 Å². The number of nitrogens with one attached hydrogen (secondary N) is 3. The Kier molecular flexibility index (Phi) is 4.90. The van der Waals surface area contributed by atoms with Crippen LogP contribution in [0.5, 0.6) is 0 Å². The van der Waals surface area contributed by atoms with Crippen LogP contribution in [0.25, 0.3) is 10.9 Å². The zero-order valence-corrected chi connectivity index (χ0v) is 14.3. The summed E-state index contributed by atoms with van der Waals surface area (Å²) < 4.78 is 0. The molecule has 8 heteroatoms. The van der Waals surface area contributed by atoms with Crippen molar-refractivity contribution < 1.29 is 9.59 Å². The van der Waals surface area contributed by atoms with E-state index in [0.29, 0.717) is 17.4 Å². The van der Waals surface area contributed by atoms with Crippen LogP contribution in [0, 0.1) is 6.92 Å². The molecule has 2 aromatic heterocycles. The molecular formula is C17H16N4O3S. The van der Waals surface area contributed by atoms with Gasteiger partial charge in [-0.05, 0) is 19.1 Å². The highest BCUT2D eigenvalue weighted by atomic mass is 32.1. The molecule has 2 amide bonds. The van der Waals surface area contributed by atoms with E-state index < -0.39 is 5.91 Å². The SMILES string of the molecule is Cc1nc(CNC(=O)CNC(=O)c2c[nH]c3ccccc3c2=O)cs1. The minimum atomic E-state index is -0.591. The topological polar surface area (TPSA) is 104 Å². The number of nitrogens with zero attached hydrogens (tertiary/aromatic N) is 1. The summed E-state index contributed by atoms with van der Waals surface area (Å²) in [5.41, 5.74) is 1.03. The molecule has 1 aromatic carbocycles. The number of aromatic nitrogens is 2. The molecule has 0 saturated carbocycles. The standard InChI is InChI=1S/C17H16N4O3S/c1-10-21-11(9-25-10)6-19-15(22)8-20-17(24)13-7-18-14-5-3-2-4-12(14)16(13)23/h2-5,7,9H,6,8H2,1H3,(H,18,23)(H,19,22)(H,20,24). The number of aromatic amines is 1. The average molecular weight is 356 g/mol. The second-order valence-electron chi connectivity index (χ2n) is 5.39. The third-order valence-corrected chi connectivity index (χ3v) is 4.40. The lowest BCUT2D eigenvalue weighted by atomic mass is 10.1. The van der Waals surface area contributed by atoms with Crippen LogP contribution in [-0.2, 0) is 11.3 Å². The summed E-state index contributed by atoms with van der Waals surface area (Å²) in [6.07, 6.45) is 1.36. The lowest BCUT2D eigenvalue weighted by Gasteiger charge is -2.06. The molecule has 3 N–H and O–H groups in total. The summed E-state index contributed by atoms with van der Waals surface area (Å²) in [5.74, 6) is -0.942. The fourth-order valence-corrected chi connectivity index (χ4v) is 2.95. The number of amides is 2. The first kappa shape index (κ1) is 16.8. The Balaban J connectivity index is 1.60. The van der Waals surface area contributed by atoms with E-state index in [2.05, 4.69) is 20.6 Å². The van der Waals surface area contributed by atoms with Crippen LogP contribution in [0.3, 0.4) is 0 Å². The monoisotopic (exact) mass is 356 g/mol. The molecular weight excluding hydrogens is 340 g/mol. The zero-order chi connectivity index (χ0) is 17.8. The Hall–Kier alpha value is -3.00. The number of fused-ring (bicyclic) bond motifs is 1. The maximum atomic E-state index is 12.3. The Labute approximate surface area is 147 Å². The first-order chi connectivity index (χ1) is 12.0. The summed E-state index contributed by atoms with van der Waals surface area (Å²) in [5, 5.41) is 8.34. The normalized spacial score (nSPS) is 10.6. The van der Waals surface area contributed by atoms with Gasteiger partial charge < -0.3 is 15.6 Å². The van der Waals surface area contributed by atoms with Crippen LogP contribution >= 0.6 is 11.3 Å². The predicted molar refractivity (Wildman–Crippen MR) is 95.6 cm³/mol. The van der Waals surface area contributed by atoms with Gasteiger partial charge in [-0.3, -0.25) is 14.4 Å². The van der Waals surface area contributed by atoms with E-state index in [1.165, 1.54) is 17.5 Å². The number of thiazole rings is 1. The Bertz CT molecular complexity index is 993. The van der Waals surface area contributed by atoms with Crippen LogP contribution in [0.2, 0.25) is 0 Å². The van der Waals surface area contributed by atoms with Gasteiger partial charge in [-0.25, -0.2) is 4.98 Å². The molecule has 0 radical (unpaired) electrons. The van der Waals surface area contributed by atoms with Gasteiger partial charge in [-0.15, -0.1) is 11.3 Å². The summed E-state index contributed by atoms with van der Waals surface area (Å²) in [6, 6.07) is 6.93. The molecule has 3 rings (SSSR count). The van der Waals surface area contributed by atoms with Gasteiger partial charge in [0, 0.05) is 22.5 Å². The van der Waals surface area contributed by atoms with E-state index in [9.17, 15) is 14.4 Å². The molecule has 3 aromatic rings. The van der Waals surface area contributed by atoms with E-state index in [0.717, 1.165) is 10.7 Å². The van der Waals surface area contributed by atoms with Gasteiger partial charge in [0.1, 0.15) is 5.56 Å². The molecule has 0 aliphatic rings. The van der Waals surface area contributed by atoms with Crippen molar-refractivity contribution in [3.8, 4) is 0 Å². The van der Waals surface area contributed by atoms with Crippen molar-refractivity contribution in [1.82, 2.24) is 20.6 Å². The number of carbonyl (C=O) groups excluding carboxylic acids is 2. The van der Waals surface area contributed by atoms with Crippen LogP contribution < -0.4 is 16.1 Å². The third kappa shape index (κ3) is 3.92. The maximum absolute atomic E-state index is 12.3. The van der Waals surface area contributed by atoms with E-state index in [4.69, 9.17) is 0 Å². The fraction of sp³-hybridized carbons (Fsp3) is 0.176. The van der Waals surface area contributed by atoms with Crippen molar-refractivity contribution in [1.29, 1.82) is 0 Å². The summed E-state index contributed by atoms with van der Waals surface area (Å²) in [7, 11) is 0. The molecule has 0 atom stereocenters. The maximum Gasteiger partial charge on any atom is 0.257 e. The van der Waals surface area contributed by atoms with Crippen molar-refractivity contribution >= 4 is 34.1 Å². The number of aryl methyl sites for hydroxylation is 1. The first-order valence-corrected chi connectivity index (χ1v) is 8.49. The van der Waals surface area contributed by atoms with Gasteiger partial charge in [-0.2, -0.15) is 0 Å². The van der Waals surface area contributed by atoms with Crippen LogP contribution in [0.4, 0.5) is 0 Å². The molecule has 0 spiro atoms. The van der Waals surface area contributed by atoms with E-state index in [1.807, 2.05) is 12.3 Å². The summed E-state index contributed by atoms with van der Waals surface area (Å²) >= 11 is 1.50. The number of pyridine rings is 1. The largest absolute Gasteiger partial charge is 0.360 e. The Morgan fingerprint density at radius 1 is 1.24 bits per heavy atom. The molecule has 25 heavy (non-hydrogen) atoms. The quantitative estimate of drug-likeness (QED) is 0.642. The van der Waals surface area contributed by atoms with Crippen molar-refractivity contribution in [3.05, 3.63) is 62.3 Å². The highest BCUT2D eigenvalue weighted by Gasteiger charge is 2.13. The van der Waals surface area contributed by atoms with Crippen molar-refractivity contribution in [2.24, 2.45) is 0 Å². The summed E-state index contributed by atoms with van der Waals surface area (Å²) in [6.45, 7) is 1.97. The number of benzene rings is 1. The van der Waals surface area contributed by atoms with Crippen molar-refractivity contribution in [2.45, 2.75) is 13.5 Å². The number of carbonyl (C=O) groups is 2. The molecule has 2 heterocycles. The molecule has 0 bridgehead atoms. The lowest BCUT2D eigenvalue weighted by molar-refractivity contribution is -0.120. The minimum absolute atomic E-state index is 0.0263. The molecule has 0 fully saturated rings. The van der Waals surface area contributed by atoms with Crippen LogP contribution in [0.1, 0.15) is 21.1 Å². The number of hydrogen-bond donors (Lipinski definition) is 3. The Morgan fingerprint density at radius 3 is 2.80 bits per heavy atom. The lowest BCUT2D eigenvalue weighted by Crippen LogP contribution is -2.38. The van der Waals surface area contributed by atoms with E-state index in [-0.39, 0.29) is 23.4 Å². The van der Waals surface area contributed by atoms with Gasteiger partial charge in [-0.1, -0.05) is 12.1 Å². The zero-order valence-electron chi connectivity index (χ0n) is 13.5. The third-order valence-electron chi connectivity index (χ3n) is 3.58. The molecule has 0 saturated heterocycles. The minimum Gasteiger partial charge on any atom is -0.360 e. The van der Waals surface area contributed by atoms with Crippen LogP contribution in [-0.4, -0.2) is 28.3 Å². The van der Waals surface area contributed by atoms with E-state index in [1.54, 1.807) is 24.3 Å². The van der Waals surface area contributed by atoms with Gasteiger partial charge in [0.2, 0.25) is 11.3 Å². The van der Waals surface area contributed by atoms with E-state index >= 15 is 0 Å². The fourth-order valence-electron chi connectivity index (χ4n) is 2.33. The van der Waals surface area contributed by atoms with Crippen molar-refractivity contribution in [2.75, 3.05) is 6.54 Å². The summed E-state index contributed by atoms with van der Waals surface area (Å²) in [4.78, 5) is 43.5. The van der Waals surface area contributed by atoms with Crippen LogP contribution in [0.15, 0.2) is 40.6 Å². The molecule has 0 unspecified atom stereocenters. The number of para-hydroxylation sites is 1. The first-order valence-electron chi connectivity index (χ1n) is 7.61. The Morgan fingerprint density at radius 2 is 2.04 bits per heavy atom. The van der Waals surface area contributed by atoms with Gasteiger partial charge in [0.15, 0.2) is 0 Å². The second kappa shape index (κ2) is 7.27. The molecule has 128 valence electrons. The highest BCUT2D eigenvalue weighted by Crippen LogP contribution is 2.08. The molecule has 0 aliphatic carbocycles. The molecule has 7 nitrogen and oxygen atoms in total. The second-order valence-corrected chi connectivity index (χ2v) is 6.46. The van der Waals surface area contributed by atoms with Gasteiger partial charge in [0.25, 0.3) is 5.91 Å². The molecule has 0 aliphatic heterocycles. The predicted octanol–water partition coefficient (Wildman–Crippen LogP) is 1.34. The number of hydrogen-bond acceptors (Lipinski definition) is 5. The highest BCUT2D eigenvalue weighted by molar-refractivity contribution is 7.09.